The Bertz CT molecular complexity index is 862. The highest BCUT2D eigenvalue weighted by Crippen LogP contribution is 2.32. The zero-order valence-corrected chi connectivity index (χ0v) is 13.1. The van der Waals surface area contributed by atoms with Gasteiger partial charge in [0.25, 0.3) is 0 Å². The number of anilines is 1. The van der Waals surface area contributed by atoms with Gasteiger partial charge < -0.3 is 5.32 Å². The fourth-order valence-corrected chi connectivity index (χ4v) is 2.80. The van der Waals surface area contributed by atoms with E-state index in [4.69, 9.17) is 0 Å². The van der Waals surface area contributed by atoms with Crippen LogP contribution < -0.4 is 5.32 Å². The predicted molar refractivity (Wildman–Crippen MR) is 89.9 cm³/mol. The molecule has 2 aromatic heterocycles. The maximum absolute atomic E-state index is 4.53. The van der Waals surface area contributed by atoms with Crippen LogP contribution in [0.2, 0.25) is 0 Å². The van der Waals surface area contributed by atoms with E-state index < -0.39 is 0 Å². The van der Waals surface area contributed by atoms with Crippen molar-refractivity contribution in [1.82, 2.24) is 19.7 Å². The lowest BCUT2D eigenvalue weighted by Crippen LogP contribution is -2.20. The molecule has 0 fully saturated rings. The summed E-state index contributed by atoms with van der Waals surface area (Å²) in [6, 6.07) is 12.5. The number of aromatic nitrogens is 4. The van der Waals surface area contributed by atoms with E-state index in [-0.39, 0.29) is 6.04 Å². The molecule has 1 unspecified atom stereocenters. The van der Waals surface area contributed by atoms with Gasteiger partial charge >= 0.3 is 0 Å². The fraction of sp³-hybridized carbons (Fsp3) is 0.167. The van der Waals surface area contributed by atoms with Gasteiger partial charge in [0.15, 0.2) is 0 Å². The molecule has 0 radical (unpaired) electrons. The van der Waals surface area contributed by atoms with Crippen molar-refractivity contribution in [2.24, 2.45) is 0 Å². The van der Waals surface area contributed by atoms with E-state index in [2.05, 4.69) is 57.6 Å². The zero-order chi connectivity index (χ0) is 15.8. The van der Waals surface area contributed by atoms with E-state index in [1.165, 1.54) is 5.56 Å². The number of nitrogens with zero attached hydrogens (tertiary/aromatic N) is 4. The summed E-state index contributed by atoms with van der Waals surface area (Å²) in [6.07, 6.45) is 5.79. The summed E-state index contributed by atoms with van der Waals surface area (Å²) < 4.78 is 1.92. The summed E-state index contributed by atoms with van der Waals surface area (Å²) in [5.41, 5.74) is 4.57. The van der Waals surface area contributed by atoms with Crippen LogP contribution in [-0.4, -0.2) is 19.7 Å². The number of benzene rings is 1. The van der Waals surface area contributed by atoms with Gasteiger partial charge in [-0.15, -0.1) is 0 Å². The molecule has 114 valence electrons. The first kappa shape index (κ1) is 13.7. The standard InChI is InChI=1S/C18H17N5/c1-12-3-5-14(6-4-12)16-11-17(15-7-9-19-10-8-15)23-18(21-16)20-13(2)22-23/h3-11,17H,1-2H3,(H,20,21,22). The third-order valence-corrected chi connectivity index (χ3v) is 3.98. The van der Waals surface area contributed by atoms with Crippen LogP contribution in [0.4, 0.5) is 5.95 Å². The Morgan fingerprint density at radius 1 is 1.00 bits per heavy atom. The second kappa shape index (κ2) is 5.35. The van der Waals surface area contributed by atoms with Gasteiger partial charge in [-0.2, -0.15) is 10.1 Å². The maximum Gasteiger partial charge on any atom is 0.226 e. The molecule has 4 rings (SSSR count). The highest BCUT2D eigenvalue weighted by atomic mass is 15.4. The third kappa shape index (κ3) is 2.50. The Kier molecular flexibility index (Phi) is 3.19. The van der Waals surface area contributed by atoms with Crippen LogP contribution in [0.1, 0.15) is 28.6 Å². The number of pyridine rings is 1. The molecule has 1 N–H and O–H groups in total. The molecular formula is C18H17N5. The molecule has 1 aliphatic rings. The molecule has 0 aliphatic carbocycles. The van der Waals surface area contributed by atoms with Crippen molar-refractivity contribution in [1.29, 1.82) is 0 Å². The highest BCUT2D eigenvalue weighted by Gasteiger charge is 2.24. The smallest absolute Gasteiger partial charge is 0.226 e. The lowest BCUT2D eigenvalue weighted by Gasteiger charge is -2.24. The van der Waals surface area contributed by atoms with Crippen molar-refractivity contribution >= 4 is 11.6 Å². The number of hydrogen-bond acceptors (Lipinski definition) is 4. The minimum atomic E-state index is 0.00625. The summed E-state index contributed by atoms with van der Waals surface area (Å²) in [5, 5.41) is 7.92. The normalized spacial score (nSPS) is 16.4. The average Bonchev–Trinajstić information content (AvgIpc) is 2.95. The molecule has 1 atom stereocenters. The lowest BCUT2D eigenvalue weighted by atomic mass is 10.0. The van der Waals surface area contributed by atoms with Gasteiger partial charge in [-0.3, -0.25) is 4.98 Å². The first-order chi connectivity index (χ1) is 11.2. The number of rotatable bonds is 2. The van der Waals surface area contributed by atoms with E-state index in [9.17, 15) is 0 Å². The van der Waals surface area contributed by atoms with Gasteiger partial charge in [0.2, 0.25) is 5.95 Å². The van der Waals surface area contributed by atoms with Gasteiger partial charge in [-0.25, -0.2) is 4.68 Å². The largest absolute Gasteiger partial charge is 0.324 e. The predicted octanol–water partition coefficient (Wildman–Crippen LogP) is 3.35. The molecule has 3 aromatic rings. The highest BCUT2D eigenvalue weighted by molar-refractivity contribution is 5.77. The molecule has 1 aromatic carbocycles. The van der Waals surface area contributed by atoms with Gasteiger partial charge in [0.1, 0.15) is 11.9 Å². The second-order valence-corrected chi connectivity index (χ2v) is 5.72. The molecule has 5 nitrogen and oxygen atoms in total. The minimum absolute atomic E-state index is 0.00625. The second-order valence-electron chi connectivity index (χ2n) is 5.72. The molecule has 3 heterocycles. The number of aryl methyl sites for hydroxylation is 2. The van der Waals surface area contributed by atoms with Crippen molar-refractivity contribution < 1.29 is 0 Å². The van der Waals surface area contributed by atoms with Gasteiger partial charge in [-0.05, 0) is 43.2 Å². The van der Waals surface area contributed by atoms with Gasteiger partial charge in [0, 0.05) is 18.1 Å². The Labute approximate surface area is 134 Å². The Hall–Kier alpha value is -2.95. The Morgan fingerprint density at radius 3 is 2.48 bits per heavy atom. The fourth-order valence-electron chi connectivity index (χ4n) is 2.80. The number of hydrogen-bond donors (Lipinski definition) is 1. The first-order valence-electron chi connectivity index (χ1n) is 7.60. The number of allylic oxidation sites excluding steroid dienone is 1. The van der Waals surface area contributed by atoms with Crippen LogP contribution in [0.5, 0.6) is 0 Å². The Balaban J connectivity index is 1.82. The van der Waals surface area contributed by atoms with E-state index in [1.807, 2.05) is 23.7 Å². The topological polar surface area (TPSA) is 55.6 Å². The zero-order valence-electron chi connectivity index (χ0n) is 13.1. The Morgan fingerprint density at radius 2 is 1.74 bits per heavy atom. The van der Waals surface area contributed by atoms with Crippen molar-refractivity contribution in [3.63, 3.8) is 0 Å². The molecule has 0 bridgehead atoms. The van der Waals surface area contributed by atoms with Crippen LogP contribution in [-0.2, 0) is 0 Å². The average molecular weight is 303 g/mol. The van der Waals surface area contributed by atoms with Crippen LogP contribution in [0.25, 0.3) is 5.70 Å². The van der Waals surface area contributed by atoms with E-state index in [0.717, 1.165) is 28.6 Å². The van der Waals surface area contributed by atoms with Crippen LogP contribution in [0.15, 0.2) is 54.9 Å². The monoisotopic (exact) mass is 303 g/mol. The molecule has 0 saturated carbocycles. The molecule has 0 amide bonds. The minimum Gasteiger partial charge on any atom is -0.324 e. The molecular weight excluding hydrogens is 286 g/mol. The summed E-state index contributed by atoms with van der Waals surface area (Å²) in [4.78, 5) is 8.61. The van der Waals surface area contributed by atoms with Crippen LogP contribution in [0, 0.1) is 13.8 Å². The molecule has 1 aliphatic heterocycles. The molecule has 0 saturated heterocycles. The summed E-state index contributed by atoms with van der Waals surface area (Å²) in [7, 11) is 0. The summed E-state index contributed by atoms with van der Waals surface area (Å²) >= 11 is 0. The number of nitrogens with one attached hydrogen (secondary N) is 1. The van der Waals surface area contributed by atoms with Crippen molar-refractivity contribution in [2.75, 3.05) is 5.32 Å². The quantitative estimate of drug-likeness (QED) is 0.789. The van der Waals surface area contributed by atoms with Crippen molar-refractivity contribution in [2.45, 2.75) is 19.9 Å². The molecule has 23 heavy (non-hydrogen) atoms. The van der Waals surface area contributed by atoms with Crippen molar-refractivity contribution in [3.05, 3.63) is 77.4 Å². The van der Waals surface area contributed by atoms with E-state index >= 15 is 0 Å². The molecule has 5 heteroatoms. The summed E-state index contributed by atoms with van der Waals surface area (Å²) in [6.45, 7) is 3.99. The molecule has 0 spiro atoms. The first-order valence-corrected chi connectivity index (χ1v) is 7.60. The van der Waals surface area contributed by atoms with Crippen LogP contribution >= 0.6 is 0 Å². The number of fused-ring (bicyclic) bond motifs is 1. The van der Waals surface area contributed by atoms with E-state index in [1.54, 1.807) is 12.4 Å². The SMILES string of the molecule is Cc1ccc(C2=CC(c3ccncc3)n3nc(C)nc3N2)cc1. The third-order valence-electron chi connectivity index (χ3n) is 3.98. The maximum atomic E-state index is 4.53. The van der Waals surface area contributed by atoms with E-state index in [0.29, 0.717) is 0 Å². The van der Waals surface area contributed by atoms with Crippen LogP contribution in [0.3, 0.4) is 0 Å². The van der Waals surface area contributed by atoms with Gasteiger partial charge in [0.05, 0.1) is 0 Å². The van der Waals surface area contributed by atoms with Crippen molar-refractivity contribution in [3.8, 4) is 0 Å². The summed E-state index contributed by atoms with van der Waals surface area (Å²) in [5.74, 6) is 1.52. The lowest BCUT2D eigenvalue weighted by molar-refractivity contribution is 0.607. The van der Waals surface area contributed by atoms with Gasteiger partial charge in [-0.1, -0.05) is 29.8 Å².